The molecule has 1 heterocycles. The maximum atomic E-state index is 11.8. The van der Waals surface area contributed by atoms with E-state index in [-0.39, 0.29) is 5.54 Å². The average molecular weight is 330 g/mol. The molecule has 0 saturated heterocycles. The van der Waals surface area contributed by atoms with Gasteiger partial charge in [0.2, 0.25) is 0 Å². The molecule has 0 spiro atoms. The molecule has 120 valence electrons. The molecule has 1 aliphatic heterocycles. The molecule has 0 fully saturated rings. The molecule has 0 atom stereocenters. The number of nitrogens with zero attached hydrogens (tertiary/aromatic N) is 2. The van der Waals surface area contributed by atoms with Crippen LogP contribution in [0.1, 0.15) is 19.4 Å². The Kier molecular flexibility index (Phi) is 3.94. The first-order valence-electron chi connectivity index (χ1n) is 7.56. The molecule has 1 aliphatic rings. The van der Waals surface area contributed by atoms with Crippen molar-refractivity contribution < 1.29 is 4.79 Å². The van der Waals surface area contributed by atoms with Crippen LogP contribution in [0.2, 0.25) is 5.02 Å². The van der Waals surface area contributed by atoms with Gasteiger partial charge in [-0.3, -0.25) is 4.90 Å². The number of amides is 2. The highest BCUT2D eigenvalue weighted by atomic mass is 35.5. The van der Waals surface area contributed by atoms with Gasteiger partial charge in [0.1, 0.15) is 0 Å². The minimum atomic E-state index is -0.423. The second kappa shape index (κ2) is 5.78. The molecule has 0 bridgehead atoms. The zero-order valence-electron chi connectivity index (χ0n) is 13.3. The highest BCUT2D eigenvalue weighted by molar-refractivity contribution is 6.30. The van der Waals surface area contributed by atoms with Crippen molar-refractivity contribution in [2.75, 3.05) is 16.3 Å². The number of fused-ring (bicyclic) bond motifs is 1. The number of para-hydroxylation sites is 2. The zero-order chi connectivity index (χ0) is 16.6. The fraction of sp³-hybridized carbons (Fsp3) is 0.278. The van der Waals surface area contributed by atoms with Crippen LogP contribution in [-0.4, -0.2) is 18.1 Å². The Bertz CT molecular complexity index is 745. The molecular weight excluding hydrogens is 310 g/mol. The highest BCUT2D eigenvalue weighted by Crippen LogP contribution is 2.40. The van der Waals surface area contributed by atoms with Crippen molar-refractivity contribution in [3.8, 4) is 0 Å². The van der Waals surface area contributed by atoms with Crippen molar-refractivity contribution in [1.29, 1.82) is 0 Å². The molecule has 2 N–H and O–H groups in total. The molecule has 0 saturated carbocycles. The van der Waals surface area contributed by atoms with Crippen LogP contribution in [0.15, 0.2) is 48.5 Å². The quantitative estimate of drug-likeness (QED) is 0.904. The van der Waals surface area contributed by atoms with Gasteiger partial charge in [0.15, 0.2) is 0 Å². The van der Waals surface area contributed by atoms with Crippen molar-refractivity contribution >= 4 is 29.0 Å². The first-order chi connectivity index (χ1) is 10.9. The molecule has 2 aromatic carbocycles. The van der Waals surface area contributed by atoms with Crippen molar-refractivity contribution in [3.05, 3.63) is 59.1 Å². The number of carbonyl (C=O) groups is 1. The van der Waals surface area contributed by atoms with E-state index in [1.807, 2.05) is 42.5 Å². The lowest BCUT2D eigenvalue weighted by atomic mass is 9.95. The Labute approximate surface area is 141 Å². The summed E-state index contributed by atoms with van der Waals surface area (Å²) >= 11 is 6.11. The monoisotopic (exact) mass is 329 g/mol. The summed E-state index contributed by atoms with van der Waals surface area (Å²) in [7, 11) is 0. The van der Waals surface area contributed by atoms with E-state index in [4.69, 9.17) is 17.3 Å². The number of rotatable bonds is 2. The van der Waals surface area contributed by atoms with Crippen LogP contribution >= 0.6 is 11.6 Å². The Morgan fingerprint density at radius 1 is 1.17 bits per heavy atom. The SMILES string of the molecule is CC1(C)CN(C(N)=O)c2ccccc2N1Cc1cccc(Cl)c1. The Hall–Kier alpha value is -2.20. The van der Waals surface area contributed by atoms with Crippen LogP contribution in [-0.2, 0) is 6.54 Å². The van der Waals surface area contributed by atoms with E-state index in [9.17, 15) is 4.79 Å². The summed E-state index contributed by atoms with van der Waals surface area (Å²) in [5.74, 6) is 0. The van der Waals surface area contributed by atoms with Crippen molar-refractivity contribution in [2.45, 2.75) is 25.9 Å². The third-order valence-electron chi connectivity index (χ3n) is 4.23. The minimum absolute atomic E-state index is 0.244. The van der Waals surface area contributed by atoms with Gasteiger partial charge >= 0.3 is 6.03 Å². The molecule has 0 radical (unpaired) electrons. The molecule has 0 aromatic heterocycles. The van der Waals surface area contributed by atoms with Crippen molar-refractivity contribution in [2.24, 2.45) is 5.73 Å². The largest absolute Gasteiger partial charge is 0.359 e. The van der Waals surface area contributed by atoms with Crippen LogP contribution < -0.4 is 15.5 Å². The summed E-state index contributed by atoms with van der Waals surface area (Å²) in [4.78, 5) is 15.8. The number of hydrogen-bond acceptors (Lipinski definition) is 2. The molecule has 2 amide bonds. The van der Waals surface area contributed by atoms with E-state index in [2.05, 4.69) is 24.8 Å². The number of anilines is 2. The minimum Gasteiger partial charge on any atom is -0.359 e. The summed E-state index contributed by atoms with van der Waals surface area (Å²) in [6.07, 6.45) is 0. The number of carbonyl (C=O) groups excluding carboxylic acids is 1. The molecule has 23 heavy (non-hydrogen) atoms. The number of hydrogen-bond donors (Lipinski definition) is 1. The number of urea groups is 1. The van der Waals surface area contributed by atoms with E-state index in [0.717, 1.165) is 28.5 Å². The summed E-state index contributed by atoms with van der Waals surface area (Å²) in [5, 5.41) is 0.726. The third kappa shape index (κ3) is 2.99. The lowest BCUT2D eigenvalue weighted by Gasteiger charge is -2.48. The Morgan fingerprint density at radius 3 is 2.52 bits per heavy atom. The van der Waals surface area contributed by atoms with Gasteiger partial charge in [-0.05, 0) is 43.7 Å². The second-order valence-electron chi connectivity index (χ2n) is 6.44. The van der Waals surface area contributed by atoms with E-state index in [1.165, 1.54) is 0 Å². The van der Waals surface area contributed by atoms with Gasteiger partial charge in [-0.25, -0.2) is 4.79 Å². The molecule has 0 unspecified atom stereocenters. The van der Waals surface area contributed by atoms with Crippen molar-refractivity contribution in [3.63, 3.8) is 0 Å². The molecule has 3 rings (SSSR count). The number of benzene rings is 2. The second-order valence-corrected chi connectivity index (χ2v) is 6.88. The molecule has 2 aromatic rings. The maximum absolute atomic E-state index is 11.8. The molecule has 4 nitrogen and oxygen atoms in total. The molecule has 0 aliphatic carbocycles. The normalized spacial score (nSPS) is 16.1. The first-order valence-corrected chi connectivity index (χ1v) is 7.94. The van der Waals surface area contributed by atoms with Gasteiger partial charge in [0.05, 0.1) is 23.5 Å². The fourth-order valence-corrected chi connectivity index (χ4v) is 3.33. The molecule has 5 heteroatoms. The van der Waals surface area contributed by atoms with E-state index in [1.54, 1.807) is 4.90 Å². The number of nitrogens with two attached hydrogens (primary N) is 1. The standard InChI is InChI=1S/C18H20ClN3O/c1-18(2)12-21(17(20)23)15-8-3-4-9-16(15)22(18)11-13-6-5-7-14(19)10-13/h3-10H,11-12H2,1-2H3,(H2,20,23). The summed E-state index contributed by atoms with van der Waals surface area (Å²) in [6, 6.07) is 15.3. The van der Waals surface area contributed by atoms with Gasteiger partial charge in [-0.1, -0.05) is 35.9 Å². The van der Waals surface area contributed by atoms with Gasteiger partial charge in [-0.2, -0.15) is 0 Å². The predicted molar refractivity (Wildman–Crippen MR) is 95.1 cm³/mol. The van der Waals surface area contributed by atoms with Crippen LogP contribution in [0, 0.1) is 0 Å². The smallest absolute Gasteiger partial charge is 0.319 e. The number of primary amides is 1. The van der Waals surface area contributed by atoms with Gasteiger partial charge in [0.25, 0.3) is 0 Å². The first kappa shape index (κ1) is 15.7. The van der Waals surface area contributed by atoms with E-state index < -0.39 is 6.03 Å². The van der Waals surface area contributed by atoms with Crippen molar-refractivity contribution in [1.82, 2.24) is 0 Å². The predicted octanol–water partition coefficient (Wildman–Crippen LogP) is 4.02. The van der Waals surface area contributed by atoms with Crippen LogP contribution in [0.3, 0.4) is 0 Å². The van der Waals surface area contributed by atoms with Gasteiger partial charge < -0.3 is 10.6 Å². The van der Waals surface area contributed by atoms with Gasteiger partial charge in [-0.15, -0.1) is 0 Å². The van der Waals surface area contributed by atoms with Crippen LogP contribution in [0.4, 0.5) is 16.2 Å². The fourth-order valence-electron chi connectivity index (χ4n) is 3.12. The van der Waals surface area contributed by atoms with Gasteiger partial charge in [0, 0.05) is 11.6 Å². The topological polar surface area (TPSA) is 49.6 Å². The third-order valence-corrected chi connectivity index (χ3v) is 4.47. The van der Waals surface area contributed by atoms with E-state index in [0.29, 0.717) is 6.54 Å². The lowest BCUT2D eigenvalue weighted by Crippen LogP contribution is -2.58. The zero-order valence-corrected chi connectivity index (χ0v) is 14.0. The highest BCUT2D eigenvalue weighted by Gasteiger charge is 2.38. The summed E-state index contributed by atoms with van der Waals surface area (Å²) in [5.41, 5.74) is 8.31. The summed E-state index contributed by atoms with van der Waals surface area (Å²) in [6.45, 7) is 5.49. The molecular formula is C18H20ClN3O. The number of halogens is 1. The summed E-state index contributed by atoms with van der Waals surface area (Å²) < 4.78 is 0. The average Bonchev–Trinajstić information content (AvgIpc) is 2.49. The Balaban J connectivity index is 2.04. The lowest BCUT2D eigenvalue weighted by molar-refractivity contribution is 0.251. The maximum Gasteiger partial charge on any atom is 0.319 e. The van der Waals surface area contributed by atoms with Crippen LogP contribution in [0.25, 0.3) is 0 Å². The Morgan fingerprint density at radius 2 is 1.87 bits per heavy atom. The van der Waals surface area contributed by atoms with Crippen LogP contribution in [0.5, 0.6) is 0 Å². The van der Waals surface area contributed by atoms with E-state index >= 15 is 0 Å².